The first-order chi connectivity index (χ1) is 8.24. The highest BCUT2D eigenvalue weighted by Gasteiger charge is 2.33. The molecule has 2 rings (SSSR count). The molecule has 0 bridgehead atoms. The molecule has 1 saturated heterocycles. The highest BCUT2D eigenvalue weighted by molar-refractivity contribution is 7.12. The number of nitrogens with one attached hydrogen (secondary N) is 1. The van der Waals surface area contributed by atoms with Crippen molar-refractivity contribution in [2.75, 3.05) is 26.8 Å². The van der Waals surface area contributed by atoms with E-state index in [1.165, 1.54) is 11.3 Å². The molecule has 6 heteroatoms. The minimum absolute atomic E-state index is 0.100. The maximum absolute atomic E-state index is 12.2. The Balaban J connectivity index is 2.16. The fourth-order valence-electron chi connectivity index (χ4n) is 1.77. The molecule has 1 fully saturated rings. The highest BCUT2D eigenvalue weighted by atomic mass is 32.1. The van der Waals surface area contributed by atoms with Gasteiger partial charge in [-0.25, -0.2) is 0 Å². The van der Waals surface area contributed by atoms with E-state index in [0.717, 1.165) is 0 Å². The Morgan fingerprint density at radius 2 is 2.41 bits per heavy atom. The molecule has 0 radical (unpaired) electrons. The van der Waals surface area contributed by atoms with Crippen molar-refractivity contribution < 1.29 is 14.3 Å². The summed E-state index contributed by atoms with van der Waals surface area (Å²) >= 11 is 1.38. The second kappa shape index (κ2) is 5.29. The molecule has 0 saturated carbocycles. The number of rotatable bonds is 2. The molecule has 2 amide bonds. The van der Waals surface area contributed by atoms with Gasteiger partial charge >= 0.3 is 0 Å². The molecule has 2 heterocycles. The highest BCUT2D eigenvalue weighted by Crippen LogP contribution is 2.16. The zero-order valence-electron chi connectivity index (χ0n) is 9.51. The van der Waals surface area contributed by atoms with Crippen molar-refractivity contribution in [3.8, 4) is 0 Å². The second-order valence-corrected chi connectivity index (χ2v) is 4.63. The standard InChI is InChI=1S/C11H14N2O3S/c1-12-10(14)8-7-16-5-4-13(8)11(15)9-3-2-6-17-9/h2-3,6,8H,4-5,7H2,1H3,(H,12,14). The summed E-state index contributed by atoms with van der Waals surface area (Å²) in [4.78, 5) is 26.1. The maximum Gasteiger partial charge on any atom is 0.264 e. The summed E-state index contributed by atoms with van der Waals surface area (Å²) in [6.07, 6.45) is 0. The van der Waals surface area contributed by atoms with E-state index in [1.54, 1.807) is 18.0 Å². The number of ether oxygens (including phenoxy) is 1. The van der Waals surface area contributed by atoms with E-state index in [-0.39, 0.29) is 18.4 Å². The minimum Gasteiger partial charge on any atom is -0.377 e. The average Bonchev–Trinajstić information content (AvgIpc) is 2.91. The number of likely N-dealkylation sites (N-methyl/N-ethyl adjacent to an activating group) is 1. The van der Waals surface area contributed by atoms with E-state index < -0.39 is 6.04 Å². The van der Waals surface area contributed by atoms with Gasteiger partial charge in [-0.3, -0.25) is 9.59 Å². The van der Waals surface area contributed by atoms with Gasteiger partial charge in [0.15, 0.2) is 0 Å². The van der Waals surface area contributed by atoms with Crippen LogP contribution in [0.5, 0.6) is 0 Å². The zero-order chi connectivity index (χ0) is 12.3. The number of morpholine rings is 1. The number of carbonyl (C=O) groups is 2. The van der Waals surface area contributed by atoms with Crippen molar-refractivity contribution in [1.82, 2.24) is 10.2 Å². The van der Waals surface area contributed by atoms with Crippen LogP contribution >= 0.6 is 11.3 Å². The number of carbonyl (C=O) groups excluding carboxylic acids is 2. The van der Waals surface area contributed by atoms with E-state index >= 15 is 0 Å². The van der Waals surface area contributed by atoms with Crippen LogP contribution < -0.4 is 5.32 Å². The van der Waals surface area contributed by atoms with E-state index in [2.05, 4.69) is 5.32 Å². The Kier molecular flexibility index (Phi) is 3.75. The quantitative estimate of drug-likeness (QED) is 0.827. The van der Waals surface area contributed by atoms with Crippen LogP contribution in [-0.4, -0.2) is 49.6 Å². The fourth-order valence-corrected chi connectivity index (χ4v) is 2.45. The molecule has 1 aromatic heterocycles. The fraction of sp³-hybridized carbons (Fsp3) is 0.455. The molecular formula is C11H14N2O3S. The van der Waals surface area contributed by atoms with Crippen LogP contribution in [0.4, 0.5) is 0 Å². The van der Waals surface area contributed by atoms with Crippen molar-refractivity contribution in [2.24, 2.45) is 0 Å². The van der Waals surface area contributed by atoms with Crippen LogP contribution in [0.15, 0.2) is 17.5 Å². The molecule has 0 spiro atoms. The van der Waals surface area contributed by atoms with Crippen LogP contribution in [0.1, 0.15) is 9.67 Å². The molecule has 1 N–H and O–H groups in total. The van der Waals surface area contributed by atoms with Crippen molar-refractivity contribution in [3.63, 3.8) is 0 Å². The van der Waals surface area contributed by atoms with Gasteiger partial charge in [-0.2, -0.15) is 0 Å². The lowest BCUT2D eigenvalue weighted by atomic mass is 10.2. The van der Waals surface area contributed by atoms with E-state index in [1.807, 2.05) is 11.4 Å². The molecule has 1 aliphatic heterocycles. The first-order valence-corrected chi connectivity index (χ1v) is 6.26. The third-order valence-electron chi connectivity index (χ3n) is 2.67. The Morgan fingerprint density at radius 1 is 1.59 bits per heavy atom. The average molecular weight is 254 g/mol. The lowest BCUT2D eigenvalue weighted by molar-refractivity contribution is -0.130. The van der Waals surface area contributed by atoms with Gasteiger partial charge < -0.3 is 15.0 Å². The second-order valence-electron chi connectivity index (χ2n) is 3.68. The first-order valence-electron chi connectivity index (χ1n) is 5.38. The summed E-state index contributed by atoms with van der Waals surface area (Å²) in [7, 11) is 1.56. The monoisotopic (exact) mass is 254 g/mol. The third kappa shape index (κ3) is 2.48. The Bertz CT molecular complexity index is 405. The van der Waals surface area contributed by atoms with Crippen LogP contribution in [0, 0.1) is 0 Å². The SMILES string of the molecule is CNC(=O)C1COCCN1C(=O)c1cccs1. The third-order valence-corrected chi connectivity index (χ3v) is 3.53. The van der Waals surface area contributed by atoms with Crippen LogP contribution in [0.3, 0.4) is 0 Å². The van der Waals surface area contributed by atoms with Crippen molar-refractivity contribution in [3.05, 3.63) is 22.4 Å². The molecule has 1 aliphatic rings. The largest absolute Gasteiger partial charge is 0.377 e. The van der Waals surface area contributed by atoms with E-state index in [4.69, 9.17) is 4.74 Å². The molecule has 1 atom stereocenters. The van der Waals surface area contributed by atoms with Gasteiger partial charge in [0.2, 0.25) is 5.91 Å². The summed E-state index contributed by atoms with van der Waals surface area (Å²) in [5, 5.41) is 4.41. The molecule has 92 valence electrons. The minimum atomic E-state index is -0.525. The zero-order valence-corrected chi connectivity index (χ0v) is 10.3. The van der Waals surface area contributed by atoms with Gasteiger partial charge in [-0.05, 0) is 11.4 Å². The Hall–Kier alpha value is -1.40. The van der Waals surface area contributed by atoms with Gasteiger partial charge in [0.1, 0.15) is 6.04 Å². The topological polar surface area (TPSA) is 58.6 Å². The van der Waals surface area contributed by atoms with E-state index in [9.17, 15) is 9.59 Å². The number of hydrogen-bond acceptors (Lipinski definition) is 4. The summed E-state index contributed by atoms with van der Waals surface area (Å²) < 4.78 is 5.25. The van der Waals surface area contributed by atoms with Gasteiger partial charge in [0.25, 0.3) is 5.91 Å². The molecule has 5 nitrogen and oxygen atoms in total. The van der Waals surface area contributed by atoms with Crippen molar-refractivity contribution in [1.29, 1.82) is 0 Å². The predicted octanol–water partition coefficient (Wildman–Crippen LogP) is 0.335. The van der Waals surface area contributed by atoms with Gasteiger partial charge in [0.05, 0.1) is 18.1 Å². The molecule has 0 aliphatic carbocycles. The van der Waals surface area contributed by atoms with Crippen molar-refractivity contribution >= 4 is 23.2 Å². The normalized spacial score (nSPS) is 20.1. The van der Waals surface area contributed by atoms with Gasteiger partial charge in [-0.15, -0.1) is 11.3 Å². The van der Waals surface area contributed by atoms with Crippen molar-refractivity contribution in [2.45, 2.75) is 6.04 Å². The molecular weight excluding hydrogens is 240 g/mol. The van der Waals surface area contributed by atoms with E-state index in [0.29, 0.717) is 18.0 Å². The van der Waals surface area contributed by atoms with Gasteiger partial charge in [0, 0.05) is 13.6 Å². The Morgan fingerprint density at radius 3 is 3.06 bits per heavy atom. The smallest absolute Gasteiger partial charge is 0.264 e. The van der Waals surface area contributed by atoms with Gasteiger partial charge in [-0.1, -0.05) is 6.07 Å². The Labute approximate surface area is 103 Å². The predicted molar refractivity (Wildman–Crippen MR) is 64.0 cm³/mol. The van der Waals surface area contributed by atoms with Crippen LogP contribution in [0.2, 0.25) is 0 Å². The number of hydrogen-bond donors (Lipinski definition) is 1. The lowest BCUT2D eigenvalue weighted by Gasteiger charge is -2.33. The lowest BCUT2D eigenvalue weighted by Crippen LogP contribution is -2.55. The summed E-state index contributed by atoms with van der Waals surface area (Å²) in [6, 6.07) is 3.07. The molecule has 17 heavy (non-hydrogen) atoms. The molecule has 1 unspecified atom stereocenters. The number of nitrogens with zero attached hydrogens (tertiary/aromatic N) is 1. The maximum atomic E-state index is 12.2. The van der Waals surface area contributed by atoms with Crippen LogP contribution in [-0.2, 0) is 9.53 Å². The first kappa shape index (κ1) is 12.1. The summed E-state index contributed by atoms with van der Waals surface area (Å²) in [5.41, 5.74) is 0. The summed E-state index contributed by atoms with van der Waals surface area (Å²) in [5.74, 6) is -0.286. The summed E-state index contributed by atoms with van der Waals surface area (Å²) in [6.45, 7) is 1.19. The molecule has 1 aromatic rings. The van der Waals surface area contributed by atoms with Crippen LogP contribution in [0.25, 0.3) is 0 Å². The number of amides is 2. The number of thiophene rings is 1. The molecule has 0 aromatic carbocycles.